The zero-order chi connectivity index (χ0) is 27.8. The highest BCUT2D eigenvalue weighted by atomic mass is 16.7. The number of aliphatic carboxylic acids is 1. The van der Waals surface area contributed by atoms with Crippen molar-refractivity contribution in [2.45, 2.75) is 73.8 Å². The van der Waals surface area contributed by atoms with Crippen LogP contribution in [0.4, 0.5) is 4.79 Å². The van der Waals surface area contributed by atoms with E-state index in [0.29, 0.717) is 12.0 Å². The number of carboxylic acid groups (broad SMARTS) is 1. The Kier molecular flexibility index (Phi) is 10.9. The van der Waals surface area contributed by atoms with Crippen LogP contribution >= 0.6 is 0 Å². The molecule has 10 nitrogen and oxygen atoms in total. The maximum atomic E-state index is 12.6. The summed E-state index contributed by atoms with van der Waals surface area (Å²) in [6.07, 6.45) is -0.241. The molecule has 36 heavy (non-hydrogen) atoms. The molecule has 0 saturated carbocycles. The van der Waals surface area contributed by atoms with E-state index in [-0.39, 0.29) is 24.7 Å². The number of hydrogen-bond donors (Lipinski definition) is 2. The Balaban J connectivity index is 3.42. The molecule has 3 N–H and O–H groups in total. The number of ether oxygens (including phenoxy) is 4. The normalized spacial score (nSPS) is 14.2. The van der Waals surface area contributed by atoms with Crippen LogP contribution in [-0.2, 0) is 23.9 Å². The van der Waals surface area contributed by atoms with E-state index in [4.69, 9.17) is 24.7 Å². The molecule has 0 aliphatic rings. The zero-order valence-electron chi connectivity index (χ0n) is 22.4. The minimum Gasteiger partial charge on any atom is -0.480 e. The number of carboxylic acids is 1. The third kappa shape index (κ3) is 9.14. The molecule has 0 saturated heterocycles. The molecule has 0 amide bonds. The first-order chi connectivity index (χ1) is 16.5. The second-order valence-electron chi connectivity index (χ2n) is 10.8. The van der Waals surface area contributed by atoms with E-state index in [1.165, 1.54) is 12.1 Å². The highest BCUT2D eigenvalue weighted by molar-refractivity contribution is 5.81. The maximum absolute atomic E-state index is 12.6. The molecule has 0 heterocycles. The molecule has 1 aromatic rings. The number of rotatable bonds is 10. The molecular formula is C26H39NO9. The lowest BCUT2D eigenvalue weighted by molar-refractivity contribution is -0.145. The summed E-state index contributed by atoms with van der Waals surface area (Å²) < 4.78 is 21.1. The average molecular weight is 510 g/mol. The van der Waals surface area contributed by atoms with Gasteiger partial charge in [0.25, 0.3) is 0 Å². The van der Waals surface area contributed by atoms with Crippen LogP contribution in [0.1, 0.15) is 73.3 Å². The van der Waals surface area contributed by atoms with Gasteiger partial charge in [-0.05, 0) is 71.6 Å². The van der Waals surface area contributed by atoms with Crippen LogP contribution in [-0.4, -0.2) is 48.4 Å². The molecule has 0 bridgehead atoms. The molecule has 0 aliphatic carbocycles. The lowest BCUT2D eigenvalue weighted by Gasteiger charge is -2.28. The van der Waals surface area contributed by atoms with Crippen LogP contribution in [0, 0.1) is 16.7 Å². The molecule has 0 aliphatic heterocycles. The number of benzene rings is 1. The summed E-state index contributed by atoms with van der Waals surface area (Å²) in [7, 11) is 0. The van der Waals surface area contributed by atoms with Gasteiger partial charge in [-0.1, -0.05) is 19.9 Å². The van der Waals surface area contributed by atoms with Gasteiger partial charge in [-0.3, -0.25) is 14.4 Å². The first-order valence-electron chi connectivity index (χ1n) is 11.9. The van der Waals surface area contributed by atoms with Gasteiger partial charge in [-0.2, -0.15) is 0 Å². The van der Waals surface area contributed by atoms with Crippen LogP contribution in [0.25, 0.3) is 0 Å². The van der Waals surface area contributed by atoms with E-state index < -0.39 is 52.8 Å². The molecule has 0 fully saturated rings. The van der Waals surface area contributed by atoms with Gasteiger partial charge < -0.3 is 29.8 Å². The van der Waals surface area contributed by atoms with Crippen molar-refractivity contribution in [1.29, 1.82) is 0 Å². The highest BCUT2D eigenvalue weighted by Crippen LogP contribution is 2.37. The van der Waals surface area contributed by atoms with Gasteiger partial charge in [-0.25, -0.2) is 4.79 Å². The summed E-state index contributed by atoms with van der Waals surface area (Å²) >= 11 is 0. The Hall–Kier alpha value is -3.14. The van der Waals surface area contributed by atoms with Gasteiger partial charge in [0, 0.05) is 5.92 Å². The van der Waals surface area contributed by atoms with E-state index in [0.717, 1.165) is 0 Å². The fourth-order valence-corrected chi connectivity index (χ4v) is 2.98. The van der Waals surface area contributed by atoms with Crippen molar-refractivity contribution >= 4 is 24.1 Å². The van der Waals surface area contributed by atoms with Crippen LogP contribution in [0.3, 0.4) is 0 Å². The van der Waals surface area contributed by atoms with E-state index >= 15 is 0 Å². The predicted molar refractivity (Wildman–Crippen MR) is 132 cm³/mol. The summed E-state index contributed by atoms with van der Waals surface area (Å²) in [6, 6.07) is 3.02. The predicted octanol–water partition coefficient (Wildman–Crippen LogP) is 4.28. The highest BCUT2D eigenvalue weighted by Gasteiger charge is 2.34. The molecule has 0 radical (unpaired) electrons. The van der Waals surface area contributed by atoms with Gasteiger partial charge in [0.15, 0.2) is 11.5 Å². The topological polar surface area (TPSA) is 151 Å². The number of carbonyl (C=O) groups is 4. The summed E-state index contributed by atoms with van der Waals surface area (Å²) in [6.45, 7) is 13.6. The second-order valence-corrected chi connectivity index (χ2v) is 10.8. The molecule has 2 unspecified atom stereocenters. The van der Waals surface area contributed by atoms with Crippen LogP contribution in [0.5, 0.6) is 11.5 Å². The lowest BCUT2D eigenvalue weighted by Crippen LogP contribution is -2.40. The Bertz CT molecular complexity index is 944. The summed E-state index contributed by atoms with van der Waals surface area (Å²) in [4.78, 5) is 48.7. The molecule has 0 aromatic heterocycles. The van der Waals surface area contributed by atoms with Gasteiger partial charge in [-0.15, -0.1) is 0 Å². The summed E-state index contributed by atoms with van der Waals surface area (Å²) in [5.41, 5.74) is 4.72. The fourth-order valence-electron chi connectivity index (χ4n) is 2.98. The molecule has 3 atom stereocenters. The van der Waals surface area contributed by atoms with E-state index in [1.807, 2.05) is 6.92 Å². The molecule has 202 valence electrons. The van der Waals surface area contributed by atoms with Crippen LogP contribution < -0.4 is 15.2 Å². The maximum Gasteiger partial charge on any atom is 0.508 e. The van der Waals surface area contributed by atoms with E-state index in [1.54, 1.807) is 54.5 Å². The van der Waals surface area contributed by atoms with Gasteiger partial charge in [0.1, 0.15) is 6.04 Å². The average Bonchev–Trinajstić information content (AvgIpc) is 2.76. The molecule has 0 spiro atoms. The third-order valence-electron chi connectivity index (χ3n) is 5.16. The van der Waals surface area contributed by atoms with Crippen molar-refractivity contribution in [2.24, 2.45) is 22.5 Å². The first kappa shape index (κ1) is 30.9. The van der Waals surface area contributed by atoms with Crippen molar-refractivity contribution < 1.29 is 43.2 Å². The summed E-state index contributed by atoms with van der Waals surface area (Å²) in [5.74, 6) is -3.84. The van der Waals surface area contributed by atoms with Crippen LogP contribution in [0.15, 0.2) is 18.2 Å². The Morgan fingerprint density at radius 2 is 1.44 bits per heavy atom. The van der Waals surface area contributed by atoms with Crippen molar-refractivity contribution in [1.82, 2.24) is 0 Å². The van der Waals surface area contributed by atoms with Crippen molar-refractivity contribution in [3.63, 3.8) is 0 Å². The minimum atomic E-state index is -1.37. The quantitative estimate of drug-likeness (QED) is 0.345. The van der Waals surface area contributed by atoms with E-state index in [2.05, 4.69) is 0 Å². The Labute approximate surface area is 212 Å². The summed E-state index contributed by atoms with van der Waals surface area (Å²) in [5, 5.41) is 9.63. The zero-order valence-corrected chi connectivity index (χ0v) is 22.4. The smallest absolute Gasteiger partial charge is 0.480 e. The number of esters is 2. The fraction of sp³-hybridized carbons (Fsp3) is 0.615. The largest absolute Gasteiger partial charge is 0.508 e. The first-order valence-corrected chi connectivity index (χ1v) is 11.9. The SMILES string of the molecule is CCCOC(=O)OCC(C)C(c1ccc(OC(=O)C(C)(C)C)c(OC(=O)C(C)(C)C)c1)[C@H](N)C(=O)O. The van der Waals surface area contributed by atoms with Crippen molar-refractivity contribution in [3.05, 3.63) is 23.8 Å². The Morgan fingerprint density at radius 1 is 0.917 bits per heavy atom. The number of carbonyl (C=O) groups excluding carboxylic acids is 3. The molecular weight excluding hydrogens is 470 g/mol. The van der Waals surface area contributed by atoms with E-state index in [9.17, 15) is 24.3 Å². The third-order valence-corrected chi connectivity index (χ3v) is 5.16. The lowest BCUT2D eigenvalue weighted by atomic mass is 9.82. The second kappa shape index (κ2) is 12.7. The van der Waals surface area contributed by atoms with Gasteiger partial charge in [0.05, 0.1) is 24.0 Å². The van der Waals surface area contributed by atoms with Gasteiger partial charge in [0.2, 0.25) is 0 Å². The van der Waals surface area contributed by atoms with Gasteiger partial charge >= 0.3 is 24.1 Å². The van der Waals surface area contributed by atoms with Crippen molar-refractivity contribution in [3.8, 4) is 11.5 Å². The van der Waals surface area contributed by atoms with Crippen LogP contribution in [0.2, 0.25) is 0 Å². The number of nitrogens with two attached hydrogens (primary N) is 1. The Morgan fingerprint density at radius 3 is 1.92 bits per heavy atom. The molecule has 1 rings (SSSR count). The number of hydrogen-bond acceptors (Lipinski definition) is 9. The monoisotopic (exact) mass is 509 g/mol. The van der Waals surface area contributed by atoms with Crippen molar-refractivity contribution in [2.75, 3.05) is 13.2 Å². The standard InChI is InChI=1S/C26H39NO9/c1-9-12-33-24(32)34-14-15(2)19(20(27)21(28)29)16-10-11-17(35-22(30)25(3,4)5)18(13-16)36-23(31)26(6,7)8/h10-11,13,15,19-20H,9,12,14,27H2,1-8H3,(H,28,29)/t15?,19?,20-/m0/s1. The molecule has 1 aromatic carbocycles. The molecule has 10 heteroatoms. The minimum absolute atomic E-state index is 0.00553.